The van der Waals surface area contributed by atoms with Crippen molar-refractivity contribution in [1.29, 1.82) is 0 Å². The van der Waals surface area contributed by atoms with Gasteiger partial charge in [-0.2, -0.15) is 0 Å². The van der Waals surface area contributed by atoms with E-state index >= 15 is 0 Å². The van der Waals surface area contributed by atoms with Gasteiger partial charge in [-0.25, -0.2) is 17.5 Å². The number of amides is 1. The van der Waals surface area contributed by atoms with Gasteiger partial charge >= 0.3 is 0 Å². The minimum atomic E-state index is -3.79. The summed E-state index contributed by atoms with van der Waals surface area (Å²) < 4.78 is 45.4. The van der Waals surface area contributed by atoms with Crippen LogP contribution in [0.25, 0.3) is 0 Å². The summed E-state index contributed by atoms with van der Waals surface area (Å²) in [7, 11) is -2.38. The van der Waals surface area contributed by atoms with E-state index in [9.17, 15) is 17.6 Å². The normalized spacial score (nSPS) is 11.2. The van der Waals surface area contributed by atoms with Crippen LogP contribution in [0.5, 0.6) is 5.75 Å². The van der Waals surface area contributed by atoms with Gasteiger partial charge in [-0.15, -0.1) is 0 Å². The lowest BCUT2D eigenvalue weighted by atomic mass is 10.1. The van der Waals surface area contributed by atoms with Gasteiger partial charge in [0, 0.05) is 18.7 Å². The Hall–Kier alpha value is -2.45. The van der Waals surface area contributed by atoms with Gasteiger partial charge in [-0.1, -0.05) is 0 Å². The molecule has 0 heterocycles. The summed E-state index contributed by atoms with van der Waals surface area (Å²) in [5, 5.41) is 2.57. The first-order valence-corrected chi connectivity index (χ1v) is 9.41. The van der Waals surface area contributed by atoms with Crippen molar-refractivity contribution in [1.82, 2.24) is 10.0 Å². The van der Waals surface area contributed by atoms with Crippen molar-refractivity contribution in [3.8, 4) is 5.75 Å². The number of ether oxygens (including phenoxy) is 1. The van der Waals surface area contributed by atoms with E-state index in [1.165, 1.54) is 31.4 Å². The molecule has 0 aromatic heterocycles. The molecule has 0 bridgehead atoms. The number of carbonyl (C=O) groups is 1. The Morgan fingerprint density at radius 3 is 2.31 bits per heavy atom. The lowest BCUT2D eigenvalue weighted by Crippen LogP contribution is -2.34. The van der Waals surface area contributed by atoms with Gasteiger partial charge in [0.15, 0.2) is 0 Å². The fourth-order valence-corrected chi connectivity index (χ4v) is 3.54. The second kappa shape index (κ2) is 8.29. The fraction of sp³-hybridized carbons (Fsp3) is 0.278. The van der Waals surface area contributed by atoms with E-state index in [0.29, 0.717) is 5.56 Å². The molecule has 0 aliphatic carbocycles. The van der Waals surface area contributed by atoms with E-state index in [1.807, 2.05) is 13.8 Å². The lowest BCUT2D eigenvalue weighted by molar-refractivity contribution is 0.0954. The third-order valence-corrected chi connectivity index (χ3v) is 5.36. The molecular weight excluding hydrogens is 359 g/mol. The zero-order valence-electron chi connectivity index (χ0n) is 14.8. The second-order valence-electron chi connectivity index (χ2n) is 5.75. The van der Waals surface area contributed by atoms with Crippen LogP contribution in [0.3, 0.4) is 0 Å². The summed E-state index contributed by atoms with van der Waals surface area (Å²) in [6.45, 7) is 3.78. The number of sulfonamides is 1. The molecule has 0 aliphatic heterocycles. The van der Waals surface area contributed by atoms with Crippen LogP contribution in [0.4, 0.5) is 4.39 Å². The molecule has 2 N–H and O–H groups in total. The SMILES string of the molecule is COc1cc(C)c(C)cc1S(=O)(=O)NCCNC(=O)c1ccc(F)cc1. The van der Waals surface area contributed by atoms with E-state index in [0.717, 1.165) is 11.1 Å². The predicted molar refractivity (Wildman–Crippen MR) is 96.4 cm³/mol. The fourth-order valence-electron chi connectivity index (χ4n) is 2.28. The highest BCUT2D eigenvalue weighted by Crippen LogP contribution is 2.26. The van der Waals surface area contributed by atoms with Crippen molar-refractivity contribution < 1.29 is 22.3 Å². The molecule has 0 saturated carbocycles. The maximum Gasteiger partial charge on any atom is 0.251 e. The Labute approximate surface area is 152 Å². The number of carbonyl (C=O) groups excluding carboxylic acids is 1. The van der Waals surface area contributed by atoms with Crippen molar-refractivity contribution >= 4 is 15.9 Å². The summed E-state index contributed by atoms with van der Waals surface area (Å²) in [6.07, 6.45) is 0. The third kappa shape index (κ3) is 4.80. The molecule has 140 valence electrons. The largest absolute Gasteiger partial charge is 0.495 e. The Bertz CT molecular complexity index is 896. The Balaban J connectivity index is 1.97. The van der Waals surface area contributed by atoms with Crippen molar-refractivity contribution in [2.24, 2.45) is 0 Å². The number of methoxy groups -OCH3 is 1. The van der Waals surface area contributed by atoms with Crippen LogP contribution in [0.1, 0.15) is 21.5 Å². The van der Waals surface area contributed by atoms with E-state index in [-0.39, 0.29) is 23.7 Å². The smallest absolute Gasteiger partial charge is 0.251 e. The average molecular weight is 380 g/mol. The molecule has 2 aromatic carbocycles. The van der Waals surface area contributed by atoms with Crippen LogP contribution < -0.4 is 14.8 Å². The number of rotatable bonds is 7. The molecule has 0 unspecified atom stereocenters. The Morgan fingerprint density at radius 2 is 1.69 bits per heavy atom. The molecule has 2 aromatic rings. The van der Waals surface area contributed by atoms with Gasteiger partial charge in [0.1, 0.15) is 16.5 Å². The van der Waals surface area contributed by atoms with Gasteiger partial charge < -0.3 is 10.1 Å². The molecule has 0 aliphatic rings. The topological polar surface area (TPSA) is 84.5 Å². The molecule has 0 atom stereocenters. The highest BCUT2D eigenvalue weighted by atomic mass is 32.2. The lowest BCUT2D eigenvalue weighted by Gasteiger charge is -2.13. The van der Waals surface area contributed by atoms with Crippen molar-refractivity contribution in [2.45, 2.75) is 18.7 Å². The number of hydrogen-bond acceptors (Lipinski definition) is 4. The van der Waals surface area contributed by atoms with Crippen LogP contribution in [0.2, 0.25) is 0 Å². The van der Waals surface area contributed by atoms with Gasteiger partial charge in [-0.3, -0.25) is 4.79 Å². The van der Waals surface area contributed by atoms with Crippen LogP contribution in [-0.4, -0.2) is 34.5 Å². The minimum Gasteiger partial charge on any atom is -0.495 e. The number of hydrogen-bond donors (Lipinski definition) is 2. The second-order valence-corrected chi connectivity index (χ2v) is 7.48. The Morgan fingerprint density at radius 1 is 1.08 bits per heavy atom. The summed E-state index contributed by atoms with van der Waals surface area (Å²) >= 11 is 0. The summed E-state index contributed by atoms with van der Waals surface area (Å²) in [6, 6.07) is 8.30. The highest BCUT2D eigenvalue weighted by molar-refractivity contribution is 7.89. The number of nitrogens with one attached hydrogen (secondary N) is 2. The maximum atomic E-state index is 12.8. The first-order chi connectivity index (χ1) is 12.2. The molecule has 2 rings (SSSR count). The zero-order chi connectivity index (χ0) is 19.3. The van der Waals surface area contributed by atoms with Gasteiger partial charge in [0.25, 0.3) is 5.91 Å². The van der Waals surface area contributed by atoms with Gasteiger partial charge in [0.05, 0.1) is 7.11 Å². The standard InChI is InChI=1S/C18H21FN2O4S/c1-12-10-16(25-3)17(11-13(12)2)26(23,24)21-9-8-20-18(22)14-4-6-15(19)7-5-14/h4-7,10-11,21H,8-9H2,1-3H3,(H,20,22). The minimum absolute atomic E-state index is 0.00530. The monoisotopic (exact) mass is 380 g/mol. The van der Waals surface area contributed by atoms with E-state index in [2.05, 4.69) is 10.0 Å². The highest BCUT2D eigenvalue weighted by Gasteiger charge is 2.20. The van der Waals surface area contributed by atoms with Crippen LogP contribution in [-0.2, 0) is 10.0 Å². The number of benzene rings is 2. The summed E-state index contributed by atoms with van der Waals surface area (Å²) in [5.74, 6) is -0.583. The number of aryl methyl sites for hydroxylation is 2. The quantitative estimate of drug-likeness (QED) is 0.721. The van der Waals surface area contributed by atoms with Crippen LogP contribution in [0.15, 0.2) is 41.3 Å². The number of halogens is 1. The maximum absolute atomic E-state index is 12.8. The van der Waals surface area contributed by atoms with Gasteiger partial charge in [-0.05, 0) is 61.4 Å². The molecule has 26 heavy (non-hydrogen) atoms. The van der Waals surface area contributed by atoms with Crippen LogP contribution in [0, 0.1) is 19.7 Å². The molecule has 8 heteroatoms. The molecule has 1 amide bonds. The molecular formula is C18H21FN2O4S. The first kappa shape index (κ1) is 19.9. The van der Waals surface area contributed by atoms with Crippen molar-refractivity contribution in [3.63, 3.8) is 0 Å². The molecule has 6 nitrogen and oxygen atoms in total. The van der Waals surface area contributed by atoms with Crippen LogP contribution >= 0.6 is 0 Å². The molecule has 0 spiro atoms. The molecule has 0 fully saturated rings. The summed E-state index contributed by atoms with van der Waals surface area (Å²) in [5.41, 5.74) is 2.05. The third-order valence-electron chi connectivity index (χ3n) is 3.88. The molecule has 0 saturated heterocycles. The molecule has 0 radical (unpaired) electrons. The predicted octanol–water partition coefficient (Wildman–Crippen LogP) is 2.16. The van der Waals surface area contributed by atoms with E-state index in [1.54, 1.807) is 12.1 Å². The van der Waals surface area contributed by atoms with Crippen molar-refractivity contribution in [2.75, 3.05) is 20.2 Å². The Kier molecular flexibility index (Phi) is 6.33. The van der Waals surface area contributed by atoms with Crippen molar-refractivity contribution in [3.05, 3.63) is 58.9 Å². The first-order valence-electron chi connectivity index (χ1n) is 7.93. The summed E-state index contributed by atoms with van der Waals surface area (Å²) in [4.78, 5) is 12.0. The van der Waals surface area contributed by atoms with E-state index < -0.39 is 21.7 Å². The van der Waals surface area contributed by atoms with Gasteiger partial charge in [0.2, 0.25) is 10.0 Å². The zero-order valence-corrected chi connectivity index (χ0v) is 15.6. The van der Waals surface area contributed by atoms with E-state index in [4.69, 9.17) is 4.74 Å². The average Bonchev–Trinajstić information content (AvgIpc) is 2.61.